The Balaban J connectivity index is 1.80. The van der Waals surface area contributed by atoms with Crippen molar-refractivity contribution >= 4 is 38.6 Å². The summed E-state index contributed by atoms with van der Waals surface area (Å²) in [6, 6.07) is 1.32. The third-order valence-corrected chi connectivity index (χ3v) is 7.53. The summed E-state index contributed by atoms with van der Waals surface area (Å²) in [4.78, 5) is 4.09. The van der Waals surface area contributed by atoms with Crippen molar-refractivity contribution in [2.45, 2.75) is 37.1 Å². The molecule has 0 amide bonds. The van der Waals surface area contributed by atoms with E-state index in [9.17, 15) is 17.2 Å². The van der Waals surface area contributed by atoms with Crippen LogP contribution in [0.5, 0.6) is 0 Å². The Hall–Kier alpha value is -1.69. The molecule has 7 nitrogen and oxygen atoms in total. The van der Waals surface area contributed by atoms with Crippen molar-refractivity contribution in [2.75, 3.05) is 0 Å². The first-order valence-corrected chi connectivity index (χ1v) is 10.6. The molecular weight excluding hydrogens is 420 g/mol. The van der Waals surface area contributed by atoms with Crippen LogP contribution < -0.4 is 4.72 Å². The molecule has 12 heteroatoms. The Morgan fingerprint density at radius 2 is 2.15 bits per heavy atom. The first-order chi connectivity index (χ1) is 12.6. The fraction of sp³-hybridized carbons (Fsp3) is 0.400. The highest BCUT2D eigenvalue weighted by molar-refractivity contribution is 7.89. The summed E-state index contributed by atoms with van der Waals surface area (Å²) < 4.78 is 55.2. The quantitative estimate of drug-likeness (QED) is 0.665. The smallest absolute Gasteiger partial charge is 0.291 e. The van der Waals surface area contributed by atoms with E-state index in [4.69, 9.17) is 11.6 Å². The van der Waals surface area contributed by atoms with Crippen LogP contribution in [0.25, 0.3) is 16.3 Å². The van der Waals surface area contributed by atoms with Crippen molar-refractivity contribution in [3.05, 3.63) is 28.5 Å². The second-order valence-electron chi connectivity index (χ2n) is 6.74. The summed E-state index contributed by atoms with van der Waals surface area (Å²) in [6.45, 7) is 3.80. The number of nitrogens with zero attached hydrogens (tertiary/aromatic N) is 4. The second kappa shape index (κ2) is 6.16. The van der Waals surface area contributed by atoms with Gasteiger partial charge in [0.05, 0.1) is 11.2 Å². The van der Waals surface area contributed by atoms with E-state index in [1.54, 1.807) is 0 Å². The summed E-state index contributed by atoms with van der Waals surface area (Å²) in [7, 11) is -3.82. The molecule has 27 heavy (non-hydrogen) atoms. The molecule has 2 unspecified atom stereocenters. The van der Waals surface area contributed by atoms with Crippen molar-refractivity contribution in [2.24, 2.45) is 5.92 Å². The average Bonchev–Trinajstić information content (AvgIpc) is 3.01. The van der Waals surface area contributed by atoms with Crippen LogP contribution in [0.3, 0.4) is 0 Å². The molecule has 0 saturated heterocycles. The van der Waals surface area contributed by atoms with Gasteiger partial charge in [-0.15, -0.1) is 10.2 Å². The SMILES string of the molecule is CC1CC1(C)NS(=O)(=O)c1cc(Cl)c2ncc(-c3nnc(C(F)F)s3)n2c1. The lowest BCUT2D eigenvalue weighted by Gasteiger charge is -2.14. The van der Waals surface area contributed by atoms with Gasteiger partial charge in [0.1, 0.15) is 10.6 Å². The van der Waals surface area contributed by atoms with E-state index in [0.29, 0.717) is 22.7 Å². The van der Waals surface area contributed by atoms with Crippen molar-refractivity contribution in [3.8, 4) is 10.7 Å². The van der Waals surface area contributed by atoms with Gasteiger partial charge in [0, 0.05) is 11.7 Å². The summed E-state index contributed by atoms with van der Waals surface area (Å²) in [5.41, 5.74) is 0.147. The molecule has 1 fully saturated rings. The van der Waals surface area contributed by atoms with Crippen molar-refractivity contribution in [1.29, 1.82) is 0 Å². The first kappa shape index (κ1) is 18.7. The van der Waals surface area contributed by atoms with Crippen LogP contribution in [0.1, 0.15) is 31.7 Å². The maximum absolute atomic E-state index is 12.8. The Labute approximate surface area is 162 Å². The number of imidazole rings is 1. The highest BCUT2D eigenvalue weighted by Crippen LogP contribution is 2.43. The van der Waals surface area contributed by atoms with Gasteiger partial charge in [0.15, 0.2) is 15.7 Å². The van der Waals surface area contributed by atoms with Crippen LogP contribution in [0, 0.1) is 5.92 Å². The normalized spacial score (nSPS) is 22.7. The average molecular weight is 434 g/mol. The van der Waals surface area contributed by atoms with Crippen molar-refractivity contribution in [1.82, 2.24) is 24.3 Å². The number of halogens is 3. The Morgan fingerprint density at radius 1 is 1.44 bits per heavy atom. The second-order valence-corrected chi connectivity index (χ2v) is 9.83. The van der Waals surface area contributed by atoms with E-state index in [0.717, 1.165) is 6.42 Å². The summed E-state index contributed by atoms with van der Waals surface area (Å²) in [5, 5.41) is 7.09. The topological polar surface area (TPSA) is 89.2 Å². The maximum Gasteiger partial charge on any atom is 0.291 e. The van der Waals surface area contributed by atoms with Crippen LogP contribution in [0.4, 0.5) is 8.78 Å². The zero-order chi connectivity index (χ0) is 19.6. The zero-order valence-corrected chi connectivity index (χ0v) is 16.5. The van der Waals surface area contributed by atoms with E-state index < -0.39 is 27.0 Å². The zero-order valence-electron chi connectivity index (χ0n) is 14.1. The summed E-state index contributed by atoms with van der Waals surface area (Å²) >= 11 is 6.92. The molecule has 144 valence electrons. The van der Waals surface area contributed by atoms with Crippen LogP contribution in [-0.2, 0) is 10.0 Å². The molecule has 3 aromatic heterocycles. The number of aromatic nitrogens is 4. The Morgan fingerprint density at radius 3 is 2.74 bits per heavy atom. The first-order valence-electron chi connectivity index (χ1n) is 7.93. The van der Waals surface area contributed by atoms with Crippen molar-refractivity contribution < 1.29 is 17.2 Å². The molecule has 3 aromatic rings. The fourth-order valence-corrected chi connectivity index (χ4v) is 5.40. The van der Waals surface area contributed by atoms with Crippen LogP contribution in [-0.4, -0.2) is 33.5 Å². The Bertz CT molecular complexity index is 1150. The maximum atomic E-state index is 12.8. The minimum atomic E-state index is -3.82. The minimum absolute atomic E-state index is 0.0434. The predicted octanol–water partition coefficient (Wildman–Crippen LogP) is 3.52. The third-order valence-electron chi connectivity index (χ3n) is 4.72. The molecule has 2 atom stereocenters. The van der Waals surface area contributed by atoms with Crippen LogP contribution in [0.15, 0.2) is 23.4 Å². The van der Waals surface area contributed by atoms with Gasteiger partial charge in [-0.3, -0.25) is 4.40 Å². The molecule has 3 heterocycles. The van der Waals surface area contributed by atoms with Gasteiger partial charge in [-0.25, -0.2) is 26.9 Å². The number of nitrogens with one attached hydrogen (secondary N) is 1. The fourth-order valence-electron chi connectivity index (χ4n) is 2.84. The van der Waals surface area contributed by atoms with E-state index in [2.05, 4.69) is 19.9 Å². The van der Waals surface area contributed by atoms with Gasteiger partial charge < -0.3 is 0 Å². The molecule has 0 bridgehead atoms. The van der Waals surface area contributed by atoms with E-state index in [1.165, 1.54) is 22.9 Å². The molecule has 1 aliphatic carbocycles. The molecule has 0 aromatic carbocycles. The number of hydrogen-bond acceptors (Lipinski definition) is 6. The number of sulfonamides is 1. The molecule has 1 aliphatic rings. The van der Waals surface area contributed by atoms with Crippen molar-refractivity contribution in [3.63, 3.8) is 0 Å². The molecule has 4 rings (SSSR count). The molecule has 1 N–H and O–H groups in total. The largest absolute Gasteiger partial charge is 0.295 e. The van der Waals surface area contributed by atoms with Gasteiger partial charge in [-0.2, -0.15) is 0 Å². The molecule has 0 aliphatic heterocycles. The highest BCUT2D eigenvalue weighted by Gasteiger charge is 2.49. The number of alkyl halides is 2. The monoisotopic (exact) mass is 433 g/mol. The lowest BCUT2D eigenvalue weighted by molar-refractivity contribution is 0.150. The third kappa shape index (κ3) is 3.22. The molecule has 1 saturated carbocycles. The van der Waals surface area contributed by atoms with Gasteiger partial charge in [0.25, 0.3) is 6.43 Å². The predicted molar refractivity (Wildman–Crippen MR) is 96.6 cm³/mol. The number of hydrogen-bond donors (Lipinski definition) is 1. The molecule has 0 radical (unpaired) electrons. The van der Waals surface area contributed by atoms with Crippen LogP contribution in [0.2, 0.25) is 5.02 Å². The van der Waals surface area contributed by atoms with Crippen LogP contribution >= 0.6 is 22.9 Å². The minimum Gasteiger partial charge on any atom is -0.295 e. The highest BCUT2D eigenvalue weighted by atomic mass is 35.5. The molecular formula is C15H14ClF2N5O2S2. The number of fused-ring (bicyclic) bond motifs is 1. The van der Waals surface area contributed by atoms with Gasteiger partial charge in [0.2, 0.25) is 10.0 Å². The van der Waals surface area contributed by atoms with Gasteiger partial charge >= 0.3 is 0 Å². The van der Waals surface area contributed by atoms with Gasteiger partial charge in [-0.05, 0) is 25.3 Å². The van der Waals surface area contributed by atoms with Gasteiger partial charge in [-0.1, -0.05) is 29.9 Å². The lowest BCUT2D eigenvalue weighted by atomic mass is 10.3. The van der Waals surface area contributed by atoms with E-state index in [1.807, 2.05) is 13.8 Å². The summed E-state index contributed by atoms with van der Waals surface area (Å²) in [6.07, 6.45) is 0.761. The number of rotatable bonds is 5. The Kier molecular flexibility index (Phi) is 4.26. The lowest BCUT2D eigenvalue weighted by Crippen LogP contribution is -2.35. The number of pyridine rings is 1. The molecule has 0 spiro atoms. The van der Waals surface area contributed by atoms with E-state index in [-0.39, 0.29) is 20.8 Å². The van der Waals surface area contributed by atoms with E-state index >= 15 is 0 Å². The standard InChI is InChI=1S/C15H14ClF2N5O2S2/c1-7-4-15(7,2)22-27(24,25)8-3-9(16)12-19-5-10(23(12)6-8)13-20-21-14(26-13)11(17)18/h3,5-7,11,22H,4H2,1-2H3. The summed E-state index contributed by atoms with van der Waals surface area (Å²) in [5.74, 6) is 0.240.